The number of rotatable bonds is 9. The van der Waals surface area contributed by atoms with E-state index < -0.39 is 59.0 Å². The second-order valence-electron chi connectivity index (χ2n) is 6.61. The molecule has 1 aliphatic rings. The Labute approximate surface area is 214 Å². The Morgan fingerprint density at radius 2 is 1.70 bits per heavy atom. The van der Waals surface area contributed by atoms with Gasteiger partial charge in [0, 0.05) is 26.7 Å². The summed E-state index contributed by atoms with van der Waals surface area (Å²) >= 11 is 5.45. The maximum absolute atomic E-state index is 12.7. The molecule has 10 nitrogen and oxygen atoms in total. The molecule has 0 aromatic rings. The molecule has 0 fully saturated rings. The minimum atomic E-state index is -1.83. The molecule has 1 rings (SSSR count). The number of likely N-dealkylation sites (N-methyl/N-ethyl adjacent to an activating group) is 1. The van der Waals surface area contributed by atoms with Crippen LogP contribution in [0.4, 0.5) is 0 Å². The van der Waals surface area contributed by atoms with E-state index in [1.165, 1.54) is 14.0 Å². The van der Waals surface area contributed by atoms with Crippen LogP contribution in [0.2, 0.25) is 0 Å². The number of aliphatic carboxylic acids is 1. The summed E-state index contributed by atoms with van der Waals surface area (Å²) in [7, 11) is 1.38. The van der Waals surface area contributed by atoms with Crippen molar-refractivity contribution in [3.8, 4) is 0 Å². The Balaban J connectivity index is 3.95. The number of alkyl halides is 1. The molecule has 0 aromatic heterocycles. The summed E-state index contributed by atoms with van der Waals surface area (Å²) in [4.78, 5) is 38.7. The third-order valence-electron chi connectivity index (χ3n) is 4.61. The number of nitrogens with zero attached hydrogens (tertiary/aromatic N) is 1. The number of halogens is 3. The molecule has 6 N–H and O–H groups in total. The molecule has 4 unspecified atom stereocenters. The Morgan fingerprint density at radius 3 is 2.10 bits per heavy atom. The molecular weight excluding hydrogens is 741 g/mol. The first kappa shape index (κ1) is 28.0. The Morgan fingerprint density at radius 1 is 1.17 bits per heavy atom. The number of aliphatic hydroxyl groups is 4. The highest BCUT2D eigenvalue weighted by Crippen LogP contribution is 2.55. The minimum absolute atomic E-state index is 0.0893. The number of amides is 2. The molecule has 0 spiro atoms. The molecule has 0 saturated heterocycles. The number of carboxylic acids is 1. The van der Waals surface area contributed by atoms with Crippen molar-refractivity contribution in [2.75, 3.05) is 26.8 Å². The van der Waals surface area contributed by atoms with Gasteiger partial charge in [-0.2, -0.15) is 0 Å². The molecule has 0 saturated carbocycles. The summed E-state index contributed by atoms with van der Waals surface area (Å²) in [5.74, 6) is -2.44. The van der Waals surface area contributed by atoms with Crippen LogP contribution >= 0.6 is 67.8 Å². The van der Waals surface area contributed by atoms with Gasteiger partial charge in [0.1, 0.15) is 5.41 Å². The van der Waals surface area contributed by atoms with Crippen molar-refractivity contribution >= 4 is 85.6 Å². The van der Waals surface area contributed by atoms with E-state index >= 15 is 0 Å². The van der Waals surface area contributed by atoms with Crippen molar-refractivity contribution in [3.63, 3.8) is 0 Å². The van der Waals surface area contributed by atoms with Crippen LogP contribution in [0.5, 0.6) is 0 Å². The molecule has 13 heteroatoms. The zero-order chi connectivity index (χ0) is 23.4. The first-order chi connectivity index (χ1) is 13.9. The van der Waals surface area contributed by atoms with E-state index in [1.54, 1.807) is 22.6 Å². The van der Waals surface area contributed by atoms with Crippen molar-refractivity contribution < 1.29 is 39.9 Å². The molecule has 0 aromatic carbocycles. The fourth-order valence-electron chi connectivity index (χ4n) is 3.06. The molecule has 0 radical (unpaired) electrons. The Kier molecular flexibility index (Phi) is 10.9. The normalized spacial score (nSPS) is 23.8. The van der Waals surface area contributed by atoms with Crippen LogP contribution in [-0.4, -0.2) is 91.2 Å². The fourth-order valence-corrected chi connectivity index (χ4v) is 8.63. The van der Waals surface area contributed by atoms with Gasteiger partial charge in [-0.3, -0.25) is 14.4 Å². The summed E-state index contributed by atoms with van der Waals surface area (Å²) in [6.45, 7) is -0.428. The first-order valence-electron chi connectivity index (χ1n) is 8.66. The number of aliphatic hydroxyl groups excluding tert-OH is 4. The van der Waals surface area contributed by atoms with Crippen LogP contribution in [-0.2, 0) is 14.4 Å². The standard InChI is InChI=1S/C17H23I3N2O8/c1-7(25)22(4-9(27)6-24)12-11(18)10(15(28)21-2)13(19)17(14(12)20,16(29)30)3-8(26)5-23/h8-9,13,23-24,26-27H,3-6H2,1-2H3,(H,21,28)(H,29,30). The zero-order valence-corrected chi connectivity index (χ0v) is 22.6. The number of nitrogens with one attached hydrogen (secondary N) is 1. The summed E-state index contributed by atoms with van der Waals surface area (Å²) in [5.41, 5.74) is -1.63. The maximum Gasteiger partial charge on any atom is 0.316 e. The SMILES string of the molecule is CNC(=O)C1=C(I)C(N(CC(O)CO)C(C)=O)=C(I)C(CC(O)CO)(C(=O)O)C1I. The highest BCUT2D eigenvalue weighted by atomic mass is 127. The first-order valence-corrected chi connectivity index (χ1v) is 12.1. The lowest BCUT2D eigenvalue weighted by Gasteiger charge is -2.43. The van der Waals surface area contributed by atoms with E-state index in [9.17, 15) is 39.9 Å². The lowest BCUT2D eigenvalue weighted by atomic mass is 9.73. The average Bonchev–Trinajstić information content (AvgIpc) is 2.69. The van der Waals surface area contributed by atoms with Crippen molar-refractivity contribution in [2.24, 2.45) is 5.41 Å². The Hall–Kier alpha value is -0.0800. The third-order valence-corrected chi connectivity index (χ3v) is 8.86. The number of carboxylic acid groups (broad SMARTS) is 1. The number of hydrogen-bond donors (Lipinski definition) is 6. The second kappa shape index (κ2) is 11.7. The molecule has 30 heavy (non-hydrogen) atoms. The van der Waals surface area contributed by atoms with Gasteiger partial charge in [0.2, 0.25) is 11.8 Å². The highest BCUT2D eigenvalue weighted by Gasteiger charge is 2.56. The lowest BCUT2D eigenvalue weighted by molar-refractivity contribution is -0.148. The topological polar surface area (TPSA) is 168 Å². The Bertz CT molecular complexity index is 772. The van der Waals surface area contributed by atoms with Crippen molar-refractivity contribution in [3.05, 3.63) is 18.4 Å². The van der Waals surface area contributed by atoms with Crippen molar-refractivity contribution in [2.45, 2.75) is 29.5 Å². The monoisotopic (exact) mass is 764 g/mol. The summed E-state index contributed by atoms with van der Waals surface area (Å²) in [5, 5.41) is 51.3. The van der Waals surface area contributed by atoms with E-state index in [4.69, 9.17) is 0 Å². The number of allylic oxidation sites excluding steroid dienone is 1. The van der Waals surface area contributed by atoms with Crippen molar-refractivity contribution in [1.29, 1.82) is 0 Å². The molecular formula is C17H23I3N2O8. The van der Waals surface area contributed by atoms with Gasteiger partial charge in [-0.05, 0) is 51.6 Å². The minimum Gasteiger partial charge on any atom is -0.481 e. The molecule has 4 atom stereocenters. The van der Waals surface area contributed by atoms with Gasteiger partial charge in [0.05, 0.1) is 41.6 Å². The molecule has 0 bridgehead atoms. The number of hydrogen-bond acceptors (Lipinski definition) is 7. The van der Waals surface area contributed by atoms with Crippen LogP contribution in [0.3, 0.4) is 0 Å². The highest BCUT2D eigenvalue weighted by molar-refractivity contribution is 14.1. The number of carbonyl (C=O) groups is 3. The summed E-state index contributed by atoms with van der Waals surface area (Å²) < 4.78 is -0.462. The predicted octanol–water partition coefficient (Wildman–Crippen LogP) is -0.0987. The van der Waals surface area contributed by atoms with Gasteiger partial charge in [-0.15, -0.1) is 0 Å². The quantitative estimate of drug-likeness (QED) is 0.140. The number of carbonyl (C=O) groups excluding carboxylic acids is 2. The third kappa shape index (κ3) is 5.45. The second-order valence-corrected chi connectivity index (χ2v) is 10.0. The molecule has 1 aliphatic carbocycles. The largest absolute Gasteiger partial charge is 0.481 e. The summed E-state index contributed by atoms with van der Waals surface area (Å²) in [6, 6.07) is 0. The van der Waals surface area contributed by atoms with Gasteiger partial charge in [0.25, 0.3) is 0 Å². The van der Waals surface area contributed by atoms with Crippen LogP contribution in [0.1, 0.15) is 13.3 Å². The van der Waals surface area contributed by atoms with Crippen LogP contribution in [0.25, 0.3) is 0 Å². The predicted molar refractivity (Wildman–Crippen MR) is 132 cm³/mol. The van der Waals surface area contributed by atoms with Gasteiger partial charge >= 0.3 is 5.97 Å². The van der Waals surface area contributed by atoms with Gasteiger partial charge in [-0.1, -0.05) is 22.6 Å². The van der Waals surface area contributed by atoms with Crippen LogP contribution < -0.4 is 5.32 Å². The maximum atomic E-state index is 12.7. The lowest BCUT2D eigenvalue weighted by Crippen LogP contribution is -2.51. The van der Waals surface area contributed by atoms with E-state index in [-0.39, 0.29) is 21.4 Å². The zero-order valence-electron chi connectivity index (χ0n) is 16.1. The molecule has 0 aliphatic heterocycles. The van der Waals surface area contributed by atoms with Gasteiger partial charge < -0.3 is 35.7 Å². The van der Waals surface area contributed by atoms with Crippen molar-refractivity contribution in [1.82, 2.24) is 10.2 Å². The van der Waals surface area contributed by atoms with E-state index in [0.29, 0.717) is 3.58 Å². The molecule has 170 valence electrons. The van der Waals surface area contributed by atoms with Gasteiger partial charge in [0.15, 0.2) is 0 Å². The van der Waals surface area contributed by atoms with Gasteiger partial charge in [-0.25, -0.2) is 0 Å². The average molecular weight is 764 g/mol. The smallest absolute Gasteiger partial charge is 0.316 e. The van der Waals surface area contributed by atoms with E-state index in [2.05, 4.69) is 5.32 Å². The van der Waals surface area contributed by atoms with Crippen LogP contribution in [0, 0.1) is 5.41 Å². The fraction of sp³-hybridized carbons (Fsp3) is 0.588. The van der Waals surface area contributed by atoms with Crippen LogP contribution in [0.15, 0.2) is 18.4 Å². The van der Waals surface area contributed by atoms with E-state index in [0.717, 1.165) is 4.90 Å². The van der Waals surface area contributed by atoms with E-state index in [1.807, 2.05) is 45.2 Å². The summed E-state index contributed by atoms with van der Waals surface area (Å²) in [6.07, 6.45) is -3.09. The molecule has 0 heterocycles. The molecule has 2 amide bonds.